The Morgan fingerprint density at radius 3 is 1.29 bits per heavy atom. The second-order valence-electron chi connectivity index (χ2n) is 1.08. The van der Waals surface area contributed by atoms with E-state index in [0.717, 1.165) is 0 Å². The second kappa shape index (κ2) is 15.6. The van der Waals surface area contributed by atoms with Crippen LogP contribution in [0.1, 0.15) is 0 Å². The number of hydrogen-bond donors (Lipinski definition) is 1. The number of hydrogen-bond acceptors (Lipinski definition) is 2. The van der Waals surface area contributed by atoms with E-state index in [1.165, 1.54) is 0 Å². The van der Waals surface area contributed by atoms with Crippen LogP contribution in [0.2, 0.25) is 0 Å². The summed E-state index contributed by atoms with van der Waals surface area (Å²) in [5.41, 5.74) is 0. The van der Waals surface area contributed by atoms with E-state index < -0.39 is 0 Å². The molecule has 0 aliphatic rings. The molecule has 0 fully saturated rings. The maximum Gasteiger partial charge on any atom is 0 e. The molecule has 0 spiro atoms. The first-order chi connectivity index (χ1) is 2.73. The van der Waals surface area contributed by atoms with E-state index in [1.807, 2.05) is 14.1 Å². The molecule has 49 valence electrons. The Balaban J connectivity index is -0.0000000480. The molecule has 0 aromatic carbocycles. The molecular weight excluding hydrogens is 253 g/mol. The molecule has 0 saturated heterocycles. The minimum Gasteiger partial charge on any atom is -0.464 e. The van der Waals surface area contributed by atoms with E-state index in [0.29, 0.717) is 0 Å². The zero-order valence-corrected chi connectivity index (χ0v) is 7.68. The molecule has 0 aliphatic heterocycles. The van der Waals surface area contributed by atoms with Crippen molar-refractivity contribution in [3.05, 3.63) is 13.3 Å². The predicted molar refractivity (Wildman–Crippen MR) is 33.4 cm³/mol. The quantitative estimate of drug-likeness (QED) is 0.505. The third-order valence-corrected chi connectivity index (χ3v) is 0. The Hall–Kier alpha value is 1.60. The van der Waals surface area contributed by atoms with Crippen molar-refractivity contribution in [2.24, 2.45) is 0 Å². The monoisotopic (exact) mass is 264 g/mol. The van der Waals surface area contributed by atoms with Crippen molar-refractivity contribution in [1.29, 1.82) is 0 Å². The molecule has 1 radical (unpaired) electrons. The summed E-state index contributed by atoms with van der Waals surface area (Å²) >= 11 is 3.28. The van der Waals surface area contributed by atoms with Gasteiger partial charge in [0.15, 0.2) is 0 Å². The van der Waals surface area contributed by atoms with Gasteiger partial charge in [0.1, 0.15) is 0 Å². The fourth-order valence-electron chi connectivity index (χ4n) is 0. The average Bonchev–Trinajstić information content (AvgIpc) is 1.41. The van der Waals surface area contributed by atoms with Crippen LogP contribution in [-0.4, -0.2) is 19.0 Å². The van der Waals surface area contributed by atoms with Gasteiger partial charge in [0.05, 0.1) is 0 Å². The fourth-order valence-corrected chi connectivity index (χ4v) is 0. The van der Waals surface area contributed by atoms with Crippen molar-refractivity contribution < 1.29 is 38.6 Å². The van der Waals surface area contributed by atoms with Crippen LogP contribution in [0.4, 0.5) is 0 Å². The Kier molecular flexibility index (Phi) is 35.4. The van der Waals surface area contributed by atoms with Gasteiger partial charge in [-0.15, -0.1) is 0 Å². The molecule has 0 bridgehead atoms. The normalized spacial score (nSPS) is 6.00. The van der Waals surface area contributed by atoms with Crippen molar-refractivity contribution in [2.45, 2.75) is 0 Å². The summed E-state index contributed by atoms with van der Waals surface area (Å²) in [6.07, 6.45) is 2.94. The van der Waals surface area contributed by atoms with E-state index in [4.69, 9.17) is 0 Å². The second-order valence-corrected chi connectivity index (χ2v) is 1.08. The van der Waals surface area contributed by atoms with Crippen molar-refractivity contribution in [3.8, 4) is 0 Å². The van der Waals surface area contributed by atoms with Gasteiger partial charge in [-0.05, 0) is 14.1 Å². The summed E-state index contributed by atoms with van der Waals surface area (Å²) in [5, 5.41) is 0. The molecule has 0 aromatic heterocycles. The minimum atomic E-state index is 0. The number of thiol groups is 1. The molecule has 0 rings (SSSR count). The van der Waals surface area contributed by atoms with Crippen LogP contribution in [0.3, 0.4) is 0 Å². The third-order valence-electron chi connectivity index (χ3n) is 0. The third kappa shape index (κ3) is 93.4. The largest absolute Gasteiger partial charge is 0.464 e. The van der Waals surface area contributed by atoms with Gasteiger partial charge in [0.2, 0.25) is 0 Å². The van der Waals surface area contributed by atoms with Crippen LogP contribution < -0.4 is 0 Å². The molecule has 0 heterocycles. The zero-order valence-electron chi connectivity index (χ0n) is 4.64. The summed E-state index contributed by atoms with van der Waals surface area (Å²) in [6, 6.07) is 0. The molecule has 7 heavy (non-hydrogen) atoms. The molecule has 0 unspecified atom stereocenters. The predicted octanol–water partition coefficient (Wildman–Crippen LogP) is 1.05. The molecule has 1 nitrogen and oxygen atoms in total. The molecular formula is C4H11NSTb-2. The topological polar surface area (TPSA) is 3.24 Å². The summed E-state index contributed by atoms with van der Waals surface area (Å²) in [6.45, 7) is 0. The first-order valence-electron chi connectivity index (χ1n) is 1.53. The summed E-state index contributed by atoms with van der Waals surface area (Å²) in [4.78, 5) is 1.75. The number of rotatable bonds is 0. The first-order valence-corrected chi connectivity index (χ1v) is 2.16. The Labute approximate surface area is 82.7 Å². The maximum atomic E-state index is 3.47. The zero-order chi connectivity index (χ0) is 5.58. The van der Waals surface area contributed by atoms with E-state index >= 15 is 0 Å². The average molecular weight is 264 g/mol. The fraction of sp³-hybridized carbons (Fsp3) is 0.500. The van der Waals surface area contributed by atoms with Crippen LogP contribution in [0.25, 0.3) is 0 Å². The Morgan fingerprint density at radius 1 is 1.29 bits per heavy atom. The molecule has 0 saturated carbocycles. The first kappa shape index (κ1) is 15.8. The molecule has 0 amide bonds. The van der Waals surface area contributed by atoms with Crippen molar-refractivity contribution in [1.82, 2.24) is 4.90 Å². The minimum absolute atomic E-state index is 0. The van der Waals surface area contributed by atoms with E-state index in [-0.39, 0.29) is 38.6 Å². The molecule has 0 atom stereocenters. The SMILES string of the molecule is [CH2-]N(C)C.[CH2-]S.[Tb]. The Bertz CT molecular complexity index is 16.4. The van der Waals surface area contributed by atoms with Gasteiger partial charge >= 0.3 is 0 Å². The van der Waals surface area contributed by atoms with Crippen LogP contribution in [0, 0.1) is 51.9 Å². The van der Waals surface area contributed by atoms with Gasteiger partial charge in [-0.1, -0.05) is 0 Å². The Morgan fingerprint density at radius 2 is 1.29 bits per heavy atom. The van der Waals surface area contributed by atoms with Crippen LogP contribution in [0.5, 0.6) is 0 Å². The van der Waals surface area contributed by atoms with Gasteiger partial charge in [0, 0.05) is 38.6 Å². The van der Waals surface area contributed by atoms with E-state index in [9.17, 15) is 0 Å². The standard InChI is InChI=1S/C3H8N.CH3S.Tb/c1-4(2)3;1-2;/h1H2,2-3H3;2H,1H2;/q2*-1;. The number of nitrogens with zero attached hydrogens (tertiary/aromatic N) is 1. The van der Waals surface area contributed by atoms with Gasteiger partial charge < -0.3 is 17.5 Å². The van der Waals surface area contributed by atoms with Crippen molar-refractivity contribution in [3.63, 3.8) is 0 Å². The van der Waals surface area contributed by atoms with Crippen molar-refractivity contribution in [2.75, 3.05) is 14.1 Å². The molecule has 3 heteroatoms. The van der Waals surface area contributed by atoms with Gasteiger partial charge in [-0.25, -0.2) is 0 Å². The summed E-state index contributed by atoms with van der Waals surface area (Å²) < 4.78 is 0. The van der Waals surface area contributed by atoms with Crippen molar-refractivity contribution >= 4 is 12.6 Å². The van der Waals surface area contributed by atoms with Crippen LogP contribution in [-0.2, 0) is 0 Å². The smallest absolute Gasteiger partial charge is 0 e. The molecule has 0 aliphatic carbocycles. The van der Waals surface area contributed by atoms with Gasteiger partial charge in [-0.3, -0.25) is 13.3 Å². The summed E-state index contributed by atoms with van der Waals surface area (Å²) in [7, 11) is 7.25. The van der Waals surface area contributed by atoms with Crippen LogP contribution in [0.15, 0.2) is 0 Å². The maximum absolute atomic E-state index is 3.47. The van der Waals surface area contributed by atoms with Crippen LogP contribution >= 0.6 is 12.6 Å². The van der Waals surface area contributed by atoms with E-state index in [1.54, 1.807) is 4.90 Å². The van der Waals surface area contributed by atoms with Gasteiger partial charge in [-0.2, -0.15) is 0 Å². The molecule has 0 N–H and O–H groups in total. The van der Waals surface area contributed by atoms with Gasteiger partial charge in [0.25, 0.3) is 0 Å². The molecule has 0 aromatic rings. The summed E-state index contributed by atoms with van der Waals surface area (Å²) in [5.74, 6) is 0. The van der Waals surface area contributed by atoms with E-state index in [2.05, 4.69) is 25.9 Å².